The van der Waals surface area contributed by atoms with Crippen LogP contribution in [0.4, 0.5) is 4.79 Å². The summed E-state index contributed by atoms with van der Waals surface area (Å²) in [6.07, 6.45) is -0.181. The van der Waals surface area contributed by atoms with E-state index in [0.717, 1.165) is 39.3 Å². The van der Waals surface area contributed by atoms with E-state index in [1.165, 1.54) is 5.56 Å². The van der Waals surface area contributed by atoms with Gasteiger partial charge in [-0.3, -0.25) is 9.80 Å². The number of hydrogen-bond donors (Lipinski definition) is 0. The second-order valence-electron chi connectivity index (χ2n) is 8.35. The number of amides is 1. The lowest BCUT2D eigenvalue weighted by molar-refractivity contribution is -0.0351. The van der Waals surface area contributed by atoms with Crippen molar-refractivity contribution in [1.82, 2.24) is 14.7 Å². The normalized spacial score (nSPS) is 25.5. The topological polar surface area (TPSA) is 36.0 Å². The minimum Gasteiger partial charge on any atom is -0.444 e. The number of benzene rings is 1. The van der Waals surface area contributed by atoms with Gasteiger partial charge in [-0.15, -0.1) is 0 Å². The summed E-state index contributed by atoms with van der Waals surface area (Å²) < 4.78 is 5.56. The molecule has 0 bridgehead atoms. The summed E-state index contributed by atoms with van der Waals surface area (Å²) >= 11 is 0. The van der Waals surface area contributed by atoms with Gasteiger partial charge in [0.25, 0.3) is 0 Å². The minimum atomic E-state index is -0.437. The fourth-order valence-electron chi connectivity index (χ4n) is 3.93. The fraction of sp³-hybridized carbons (Fsp3) is 0.650. The molecular formula is C20H31N3O2. The van der Waals surface area contributed by atoms with Crippen LogP contribution in [0.15, 0.2) is 30.3 Å². The molecule has 2 fully saturated rings. The molecule has 2 atom stereocenters. The van der Waals surface area contributed by atoms with E-state index in [2.05, 4.69) is 47.1 Å². The first kappa shape index (κ1) is 18.2. The summed E-state index contributed by atoms with van der Waals surface area (Å²) in [4.78, 5) is 19.4. The molecule has 2 heterocycles. The molecule has 2 saturated heterocycles. The molecule has 0 N–H and O–H groups in total. The van der Waals surface area contributed by atoms with Crippen molar-refractivity contribution in [2.45, 2.75) is 51.9 Å². The van der Waals surface area contributed by atoms with Crippen molar-refractivity contribution < 1.29 is 9.53 Å². The van der Waals surface area contributed by atoms with Crippen LogP contribution in [0.5, 0.6) is 0 Å². The summed E-state index contributed by atoms with van der Waals surface area (Å²) in [7, 11) is 0. The number of ether oxygens (including phenoxy) is 1. The van der Waals surface area contributed by atoms with Gasteiger partial charge in [-0.05, 0) is 33.3 Å². The lowest BCUT2D eigenvalue weighted by Gasteiger charge is -2.50. The molecule has 1 amide bonds. The molecule has 25 heavy (non-hydrogen) atoms. The number of nitrogens with zero attached hydrogens (tertiary/aromatic N) is 3. The van der Waals surface area contributed by atoms with Gasteiger partial charge in [0.15, 0.2) is 0 Å². The molecule has 2 aliphatic rings. The third kappa shape index (κ3) is 4.73. The van der Waals surface area contributed by atoms with E-state index in [9.17, 15) is 4.79 Å². The number of fused-ring (bicyclic) bond motifs is 1. The Morgan fingerprint density at radius 3 is 2.52 bits per heavy atom. The van der Waals surface area contributed by atoms with Crippen molar-refractivity contribution in [2.24, 2.45) is 0 Å². The average molecular weight is 345 g/mol. The lowest BCUT2D eigenvalue weighted by Crippen LogP contribution is -2.65. The van der Waals surface area contributed by atoms with E-state index in [0.29, 0.717) is 12.1 Å². The first-order chi connectivity index (χ1) is 11.8. The molecule has 0 radical (unpaired) electrons. The maximum atomic E-state index is 12.4. The number of carbonyl (C=O) groups is 1. The van der Waals surface area contributed by atoms with Crippen LogP contribution >= 0.6 is 0 Å². The summed E-state index contributed by atoms with van der Waals surface area (Å²) in [5, 5.41) is 0. The molecule has 1 aromatic carbocycles. The first-order valence-corrected chi connectivity index (χ1v) is 9.32. The maximum Gasteiger partial charge on any atom is 0.410 e. The number of carbonyl (C=O) groups excluding carboxylic acids is 1. The third-order valence-corrected chi connectivity index (χ3v) is 4.99. The van der Waals surface area contributed by atoms with Gasteiger partial charge >= 0.3 is 6.09 Å². The molecule has 0 saturated carbocycles. The Bertz CT molecular complexity index is 584. The number of rotatable bonds is 2. The van der Waals surface area contributed by atoms with Crippen LogP contribution in [-0.2, 0) is 11.3 Å². The molecule has 0 unspecified atom stereocenters. The summed E-state index contributed by atoms with van der Waals surface area (Å²) in [6.45, 7) is 13.6. The third-order valence-electron chi connectivity index (χ3n) is 4.99. The highest BCUT2D eigenvalue weighted by Gasteiger charge is 2.38. The summed E-state index contributed by atoms with van der Waals surface area (Å²) in [5.41, 5.74) is 0.913. The smallest absolute Gasteiger partial charge is 0.410 e. The van der Waals surface area contributed by atoms with Crippen LogP contribution in [0.2, 0.25) is 0 Å². The van der Waals surface area contributed by atoms with E-state index in [1.807, 2.05) is 25.7 Å². The number of piperazine rings is 2. The Morgan fingerprint density at radius 1 is 1.12 bits per heavy atom. The highest BCUT2D eigenvalue weighted by molar-refractivity contribution is 5.68. The van der Waals surface area contributed by atoms with Crippen LogP contribution in [0.3, 0.4) is 0 Å². The largest absolute Gasteiger partial charge is 0.444 e. The van der Waals surface area contributed by atoms with E-state index in [-0.39, 0.29) is 6.09 Å². The molecule has 5 nitrogen and oxygen atoms in total. The van der Waals surface area contributed by atoms with Gasteiger partial charge in [-0.1, -0.05) is 30.3 Å². The van der Waals surface area contributed by atoms with Gasteiger partial charge in [-0.2, -0.15) is 0 Å². The molecule has 2 aliphatic heterocycles. The second kappa shape index (κ2) is 7.34. The average Bonchev–Trinajstić information content (AvgIpc) is 2.53. The molecule has 3 rings (SSSR count). The first-order valence-electron chi connectivity index (χ1n) is 9.32. The SMILES string of the molecule is C[C@H]1CN(Cc2ccccc2)C[C@H]2CN(C(=O)OC(C)(C)C)CCN21. The van der Waals surface area contributed by atoms with Crippen LogP contribution in [0, 0.1) is 0 Å². The van der Waals surface area contributed by atoms with Crippen LogP contribution < -0.4 is 0 Å². The number of hydrogen-bond acceptors (Lipinski definition) is 4. The summed E-state index contributed by atoms with van der Waals surface area (Å²) in [6, 6.07) is 11.5. The Balaban J connectivity index is 1.62. The molecule has 0 aromatic heterocycles. The van der Waals surface area contributed by atoms with Gasteiger partial charge in [0.1, 0.15) is 5.60 Å². The van der Waals surface area contributed by atoms with Crippen LogP contribution in [-0.4, -0.2) is 71.2 Å². The van der Waals surface area contributed by atoms with E-state index >= 15 is 0 Å². The van der Waals surface area contributed by atoms with E-state index < -0.39 is 5.60 Å². The monoisotopic (exact) mass is 345 g/mol. The standard InChI is InChI=1S/C20H31N3O2/c1-16-12-21(13-17-8-6-5-7-9-17)14-18-15-22(10-11-23(16)18)19(24)25-20(2,3)4/h5-9,16,18H,10-15H2,1-4H3/t16-,18-/m0/s1. The maximum absolute atomic E-state index is 12.4. The zero-order valence-corrected chi connectivity index (χ0v) is 15.9. The Labute approximate surface area is 151 Å². The van der Waals surface area contributed by atoms with Crippen molar-refractivity contribution in [3.63, 3.8) is 0 Å². The van der Waals surface area contributed by atoms with Gasteiger partial charge in [-0.25, -0.2) is 4.79 Å². The van der Waals surface area contributed by atoms with Gasteiger partial charge in [0, 0.05) is 51.4 Å². The molecule has 5 heteroatoms. The fourth-order valence-corrected chi connectivity index (χ4v) is 3.93. The van der Waals surface area contributed by atoms with Gasteiger partial charge in [0.2, 0.25) is 0 Å². The van der Waals surface area contributed by atoms with Crippen LogP contribution in [0.1, 0.15) is 33.3 Å². The Hall–Kier alpha value is -1.59. The molecule has 138 valence electrons. The molecule has 0 aliphatic carbocycles. The van der Waals surface area contributed by atoms with Crippen molar-refractivity contribution in [1.29, 1.82) is 0 Å². The molecule has 1 aromatic rings. The highest BCUT2D eigenvalue weighted by Crippen LogP contribution is 2.23. The van der Waals surface area contributed by atoms with Crippen molar-refractivity contribution in [3.05, 3.63) is 35.9 Å². The van der Waals surface area contributed by atoms with E-state index in [4.69, 9.17) is 4.74 Å². The zero-order valence-electron chi connectivity index (χ0n) is 15.9. The molecular weight excluding hydrogens is 314 g/mol. The predicted octanol–water partition coefficient (Wildman–Crippen LogP) is 2.81. The van der Waals surface area contributed by atoms with Gasteiger partial charge < -0.3 is 9.64 Å². The second-order valence-corrected chi connectivity index (χ2v) is 8.35. The quantitative estimate of drug-likeness (QED) is 0.826. The zero-order chi connectivity index (χ0) is 18.0. The van der Waals surface area contributed by atoms with Gasteiger partial charge in [0.05, 0.1) is 0 Å². The highest BCUT2D eigenvalue weighted by atomic mass is 16.6. The lowest BCUT2D eigenvalue weighted by atomic mass is 10.0. The molecule has 0 spiro atoms. The van der Waals surface area contributed by atoms with Crippen molar-refractivity contribution >= 4 is 6.09 Å². The summed E-state index contributed by atoms with van der Waals surface area (Å²) in [5.74, 6) is 0. The van der Waals surface area contributed by atoms with E-state index in [1.54, 1.807) is 0 Å². The van der Waals surface area contributed by atoms with Crippen molar-refractivity contribution in [2.75, 3.05) is 32.7 Å². The Morgan fingerprint density at radius 2 is 1.84 bits per heavy atom. The minimum absolute atomic E-state index is 0.181. The van der Waals surface area contributed by atoms with Crippen molar-refractivity contribution in [3.8, 4) is 0 Å². The Kier molecular flexibility index (Phi) is 5.35. The van der Waals surface area contributed by atoms with Crippen LogP contribution in [0.25, 0.3) is 0 Å². The predicted molar refractivity (Wildman–Crippen MR) is 99.5 cm³/mol.